The largest absolute Gasteiger partial charge is 0.477 e. The molecule has 0 aliphatic rings. The van der Waals surface area contributed by atoms with Gasteiger partial charge in [-0.05, 0) is 29.2 Å². The Hall–Kier alpha value is -2.30. The second kappa shape index (κ2) is 6.23. The summed E-state index contributed by atoms with van der Waals surface area (Å²) in [4.78, 5) is 22.9. The third-order valence-electron chi connectivity index (χ3n) is 2.33. The summed E-state index contributed by atoms with van der Waals surface area (Å²) in [6, 6.07) is 6.53. The molecule has 1 rings (SSSR count). The number of benzene rings is 1. The lowest BCUT2D eigenvalue weighted by Crippen LogP contribution is -2.22. The normalized spacial score (nSPS) is 12.1. The highest BCUT2D eigenvalue weighted by molar-refractivity contribution is 6.17. The van der Waals surface area contributed by atoms with Crippen LogP contribution in [0.5, 0.6) is 0 Å². The SMILES string of the molecule is CC(C)(C)COC(=O)C(=Cc1ccc(N)cc1)C(=O)O. The molecular weight excluding hydrogens is 258 g/mol. The Morgan fingerprint density at radius 2 is 1.80 bits per heavy atom. The highest BCUT2D eigenvalue weighted by Gasteiger charge is 2.21. The molecule has 0 bridgehead atoms. The predicted molar refractivity (Wildman–Crippen MR) is 76.9 cm³/mol. The highest BCUT2D eigenvalue weighted by Crippen LogP contribution is 2.16. The van der Waals surface area contributed by atoms with Gasteiger partial charge in [0.2, 0.25) is 0 Å². The molecule has 0 fully saturated rings. The molecule has 1 aromatic rings. The second-order valence-electron chi connectivity index (χ2n) is 5.67. The number of aliphatic carboxylic acids is 1. The van der Waals surface area contributed by atoms with E-state index < -0.39 is 17.5 Å². The number of hydrogen-bond donors (Lipinski definition) is 2. The Morgan fingerprint density at radius 1 is 1.25 bits per heavy atom. The number of esters is 1. The lowest BCUT2D eigenvalue weighted by Gasteiger charge is -2.17. The van der Waals surface area contributed by atoms with E-state index in [0.29, 0.717) is 11.3 Å². The number of carbonyl (C=O) groups excluding carboxylic acids is 1. The van der Waals surface area contributed by atoms with Gasteiger partial charge in [-0.15, -0.1) is 0 Å². The standard InChI is InChI=1S/C15H19NO4/c1-15(2,3)9-20-14(19)12(13(17)18)8-10-4-6-11(16)7-5-10/h4-8H,9,16H2,1-3H3,(H,17,18). The van der Waals surface area contributed by atoms with E-state index in [1.807, 2.05) is 20.8 Å². The molecule has 0 amide bonds. The molecule has 0 saturated carbocycles. The van der Waals surface area contributed by atoms with Crippen molar-refractivity contribution in [2.24, 2.45) is 5.41 Å². The molecule has 5 nitrogen and oxygen atoms in total. The van der Waals surface area contributed by atoms with Crippen LogP contribution in [0.4, 0.5) is 5.69 Å². The van der Waals surface area contributed by atoms with Crippen LogP contribution in [-0.4, -0.2) is 23.7 Å². The minimum Gasteiger partial charge on any atom is -0.477 e. The Labute approximate surface area is 118 Å². The molecule has 0 saturated heterocycles. The number of nitrogens with two attached hydrogens (primary N) is 1. The van der Waals surface area contributed by atoms with Crippen LogP contribution in [0.2, 0.25) is 0 Å². The Balaban J connectivity index is 2.91. The van der Waals surface area contributed by atoms with E-state index in [4.69, 9.17) is 15.6 Å². The van der Waals surface area contributed by atoms with Gasteiger partial charge < -0.3 is 15.6 Å². The number of anilines is 1. The van der Waals surface area contributed by atoms with Gasteiger partial charge in [-0.3, -0.25) is 0 Å². The summed E-state index contributed by atoms with van der Waals surface area (Å²) in [5.41, 5.74) is 6.06. The van der Waals surface area contributed by atoms with Gasteiger partial charge in [-0.25, -0.2) is 9.59 Å². The van der Waals surface area contributed by atoms with Crippen LogP contribution in [0, 0.1) is 5.41 Å². The first kappa shape index (κ1) is 15.8. The summed E-state index contributed by atoms with van der Waals surface area (Å²) in [6.45, 7) is 5.83. The maximum Gasteiger partial charge on any atom is 0.345 e. The lowest BCUT2D eigenvalue weighted by atomic mass is 9.99. The maximum atomic E-state index is 11.8. The molecule has 0 radical (unpaired) electrons. The molecule has 0 aliphatic carbocycles. The quantitative estimate of drug-likeness (QED) is 0.290. The lowest BCUT2D eigenvalue weighted by molar-refractivity contribution is -0.146. The molecule has 3 N–H and O–H groups in total. The summed E-state index contributed by atoms with van der Waals surface area (Å²) in [7, 11) is 0. The first-order chi connectivity index (χ1) is 9.19. The molecule has 0 heterocycles. The van der Waals surface area contributed by atoms with Crippen LogP contribution in [0.3, 0.4) is 0 Å². The zero-order chi connectivity index (χ0) is 15.3. The van der Waals surface area contributed by atoms with E-state index in [0.717, 1.165) is 0 Å². The van der Waals surface area contributed by atoms with Crippen LogP contribution in [0.25, 0.3) is 6.08 Å². The number of hydrogen-bond acceptors (Lipinski definition) is 4. The molecule has 0 spiro atoms. The summed E-state index contributed by atoms with van der Waals surface area (Å²) >= 11 is 0. The van der Waals surface area contributed by atoms with Crippen molar-refractivity contribution < 1.29 is 19.4 Å². The van der Waals surface area contributed by atoms with Crippen molar-refractivity contribution in [1.82, 2.24) is 0 Å². The topological polar surface area (TPSA) is 89.6 Å². The van der Waals surface area contributed by atoms with Crippen LogP contribution in [0.15, 0.2) is 29.8 Å². The van der Waals surface area contributed by atoms with Crippen molar-refractivity contribution >= 4 is 23.7 Å². The molecule has 0 aliphatic heterocycles. The summed E-state index contributed by atoms with van der Waals surface area (Å²) in [5.74, 6) is -2.16. The van der Waals surface area contributed by atoms with Gasteiger partial charge in [0.05, 0.1) is 6.61 Å². The number of rotatable bonds is 4. The molecule has 0 atom stereocenters. The van der Waals surface area contributed by atoms with Gasteiger partial charge in [-0.1, -0.05) is 32.9 Å². The predicted octanol–water partition coefficient (Wildman–Crippen LogP) is 2.33. The maximum absolute atomic E-state index is 11.8. The minimum absolute atomic E-state index is 0.151. The van der Waals surface area contributed by atoms with Crippen molar-refractivity contribution in [3.63, 3.8) is 0 Å². The zero-order valence-corrected chi connectivity index (χ0v) is 11.8. The van der Waals surface area contributed by atoms with Gasteiger partial charge in [-0.2, -0.15) is 0 Å². The number of carboxylic acids is 1. The van der Waals surface area contributed by atoms with Crippen LogP contribution < -0.4 is 5.73 Å². The third kappa shape index (κ3) is 5.14. The first-order valence-electron chi connectivity index (χ1n) is 6.17. The fraction of sp³-hybridized carbons (Fsp3) is 0.333. The van der Waals surface area contributed by atoms with Crippen molar-refractivity contribution in [2.75, 3.05) is 12.3 Å². The highest BCUT2D eigenvalue weighted by atomic mass is 16.5. The van der Waals surface area contributed by atoms with E-state index in [1.165, 1.54) is 6.08 Å². The third-order valence-corrected chi connectivity index (χ3v) is 2.33. The summed E-state index contributed by atoms with van der Waals surface area (Å²) in [5, 5.41) is 9.10. The van der Waals surface area contributed by atoms with Gasteiger partial charge in [0.1, 0.15) is 5.57 Å². The number of nitrogen functional groups attached to an aromatic ring is 1. The van der Waals surface area contributed by atoms with Crippen LogP contribution >= 0.6 is 0 Å². The van der Waals surface area contributed by atoms with Crippen LogP contribution in [0.1, 0.15) is 26.3 Å². The van der Waals surface area contributed by atoms with Gasteiger partial charge in [0.15, 0.2) is 0 Å². The first-order valence-corrected chi connectivity index (χ1v) is 6.17. The smallest absolute Gasteiger partial charge is 0.345 e. The Kier molecular flexibility index (Phi) is 4.91. The van der Waals surface area contributed by atoms with Crippen molar-refractivity contribution in [1.29, 1.82) is 0 Å². The summed E-state index contributed by atoms with van der Waals surface area (Å²) < 4.78 is 5.01. The average Bonchev–Trinajstić information content (AvgIpc) is 2.34. The van der Waals surface area contributed by atoms with Crippen molar-refractivity contribution in [3.8, 4) is 0 Å². The molecule has 1 aromatic carbocycles. The summed E-state index contributed by atoms with van der Waals surface area (Å²) in [6.07, 6.45) is 1.27. The Bertz CT molecular complexity index is 524. The number of carboxylic acid groups (broad SMARTS) is 1. The van der Waals surface area contributed by atoms with Gasteiger partial charge in [0, 0.05) is 5.69 Å². The van der Waals surface area contributed by atoms with E-state index in [1.54, 1.807) is 24.3 Å². The Morgan fingerprint density at radius 3 is 2.25 bits per heavy atom. The van der Waals surface area contributed by atoms with E-state index >= 15 is 0 Å². The molecule has 0 aromatic heterocycles. The zero-order valence-electron chi connectivity index (χ0n) is 11.8. The fourth-order valence-electron chi connectivity index (χ4n) is 1.33. The van der Waals surface area contributed by atoms with E-state index in [-0.39, 0.29) is 12.0 Å². The van der Waals surface area contributed by atoms with Gasteiger partial charge in [0.25, 0.3) is 0 Å². The monoisotopic (exact) mass is 277 g/mol. The minimum atomic E-state index is -1.32. The average molecular weight is 277 g/mol. The molecule has 108 valence electrons. The molecule has 0 unspecified atom stereocenters. The second-order valence-corrected chi connectivity index (χ2v) is 5.67. The van der Waals surface area contributed by atoms with Crippen LogP contribution in [-0.2, 0) is 14.3 Å². The van der Waals surface area contributed by atoms with E-state index in [9.17, 15) is 9.59 Å². The number of carbonyl (C=O) groups is 2. The van der Waals surface area contributed by atoms with Crippen molar-refractivity contribution in [2.45, 2.75) is 20.8 Å². The molecule has 20 heavy (non-hydrogen) atoms. The van der Waals surface area contributed by atoms with E-state index in [2.05, 4.69) is 0 Å². The fourth-order valence-corrected chi connectivity index (χ4v) is 1.33. The number of ether oxygens (including phenoxy) is 1. The molecular formula is C15H19NO4. The van der Waals surface area contributed by atoms with Crippen molar-refractivity contribution in [3.05, 3.63) is 35.4 Å². The van der Waals surface area contributed by atoms with Gasteiger partial charge >= 0.3 is 11.9 Å². The molecule has 5 heteroatoms.